The lowest BCUT2D eigenvalue weighted by atomic mass is 9.76. The molecule has 0 N–H and O–H groups in total. The minimum Gasteiger partial charge on any atom is -0.496 e. The lowest BCUT2D eigenvalue weighted by Gasteiger charge is -2.33. The number of aromatic nitrogens is 2. The monoisotopic (exact) mass is 607 g/mol. The third-order valence-electron chi connectivity index (χ3n) is 8.74. The van der Waals surface area contributed by atoms with Crippen LogP contribution in [0.1, 0.15) is 41.5 Å². The first kappa shape index (κ1) is 30.3. The number of fused-ring (bicyclic) bond motifs is 1. The van der Waals surface area contributed by atoms with E-state index in [9.17, 15) is 9.18 Å². The molecule has 1 saturated heterocycles. The van der Waals surface area contributed by atoms with Crippen LogP contribution in [0.4, 0.5) is 4.39 Å². The summed E-state index contributed by atoms with van der Waals surface area (Å²) >= 11 is 0. The van der Waals surface area contributed by atoms with Crippen LogP contribution in [0.15, 0.2) is 96.3 Å². The topological polar surface area (TPSA) is 72.2 Å². The first-order valence-corrected chi connectivity index (χ1v) is 15.4. The summed E-state index contributed by atoms with van der Waals surface area (Å²) in [4.78, 5) is 27.3. The minimum atomic E-state index is -0.463. The number of aliphatic imine (C=N–C) groups is 1. The number of imidazole rings is 1. The van der Waals surface area contributed by atoms with Gasteiger partial charge in [0.05, 0.1) is 36.5 Å². The quantitative estimate of drug-likeness (QED) is 0.187. The highest BCUT2D eigenvalue weighted by molar-refractivity contribution is 5.97. The number of benzene rings is 3. The Morgan fingerprint density at radius 2 is 1.87 bits per heavy atom. The van der Waals surface area contributed by atoms with Gasteiger partial charge >= 0.3 is 0 Å². The van der Waals surface area contributed by atoms with E-state index >= 15 is 0 Å². The third kappa shape index (κ3) is 6.26. The number of amides is 1. The van der Waals surface area contributed by atoms with E-state index < -0.39 is 5.82 Å². The molecule has 1 aromatic heterocycles. The Morgan fingerprint density at radius 3 is 2.69 bits per heavy atom. The van der Waals surface area contributed by atoms with Crippen molar-refractivity contribution in [3.8, 4) is 5.75 Å². The summed E-state index contributed by atoms with van der Waals surface area (Å²) in [5, 5.41) is 0. The molecule has 1 amide bonds. The standard InChI is InChI=1S/C36H38FN5O3/c1-3-45-23-22-42-31-13-8-7-12-30(31)39-34(42)32-25-38-18-9-19-40(32)20-16-36(27-10-5-4-6-11-27)17-21-41(26-36)35(43)29-24-28(37)14-15-33(29)44-2/h4-15,18-19,24-25H,3,16-17,20-23,26H2,1-2H3. The number of ether oxygens (including phenoxy) is 2. The second-order valence-corrected chi connectivity index (χ2v) is 11.3. The number of para-hydroxylation sites is 2. The zero-order valence-corrected chi connectivity index (χ0v) is 25.7. The Bertz CT molecular complexity index is 1750. The van der Waals surface area contributed by atoms with Gasteiger partial charge in [-0.15, -0.1) is 0 Å². The van der Waals surface area contributed by atoms with Gasteiger partial charge < -0.3 is 23.8 Å². The fourth-order valence-corrected chi connectivity index (χ4v) is 6.41. The summed E-state index contributed by atoms with van der Waals surface area (Å²) in [6, 6.07) is 22.6. The van der Waals surface area contributed by atoms with Crippen molar-refractivity contribution in [2.24, 2.45) is 4.99 Å². The van der Waals surface area contributed by atoms with E-state index in [1.165, 1.54) is 30.9 Å². The van der Waals surface area contributed by atoms with Crippen LogP contribution in [0.25, 0.3) is 16.7 Å². The van der Waals surface area contributed by atoms with Gasteiger partial charge in [-0.2, -0.15) is 0 Å². The molecular formula is C36H38FN5O3. The van der Waals surface area contributed by atoms with Gasteiger partial charge in [-0.05, 0) is 61.7 Å². The van der Waals surface area contributed by atoms with Gasteiger partial charge in [0.15, 0.2) is 5.82 Å². The number of carbonyl (C=O) groups excluding carboxylic acids is 1. The van der Waals surface area contributed by atoms with Crippen molar-refractivity contribution in [3.05, 3.63) is 114 Å². The minimum absolute atomic E-state index is 0.226. The highest BCUT2D eigenvalue weighted by atomic mass is 19.1. The summed E-state index contributed by atoms with van der Waals surface area (Å²) in [5.74, 6) is 0.510. The molecule has 0 saturated carbocycles. The van der Waals surface area contributed by atoms with Crippen molar-refractivity contribution in [1.29, 1.82) is 0 Å². The van der Waals surface area contributed by atoms with Crippen LogP contribution in [-0.2, 0) is 16.7 Å². The number of rotatable bonds is 11. The number of hydrogen-bond donors (Lipinski definition) is 0. The summed E-state index contributed by atoms with van der Waals surface area (Å²) < 4.78 is 27.5. The number of allylic oxidation sites excluding steroid dienone is 1. The Balaban J connectivity index is 1.30. The van der Waals surface area contributed by atoms with Crippen molar-refractivity contribution in [1.82, 2.24) is 19.4 Å². The Hall–Kier alpha value is -4.76. The predicted octanol–water partition coefficient (Wildman–Crippen LogP) is 6.29. The second kappa shape index (κ2) is 13.5. The zero-order chi connectivity index (χ0) is 31.2. The number of hydrogen-bond acceptors (Lipinski definition) is 6. The second-order valence-electron chi connectivity index (χ2n) is 11.3. The maximum Gasteiger partial charge on any atom is 0.257 e. The molecule has 2 aliphatic rings. The normalized spacial score (nSPS) is 18.0. The van der Waals surface area contributed by atoms with Gasteiger partial charge in [0.25, 0.3) is 5.91 Å². The highest BCUT2D eigenvalue weighted by Crippen LogP contribution is 2.40. The molecule has 0 radical (unpaired) electrons. The molecule has 9 heteroatoms. The van der Waals surface area contributed by atoms with Crippen molar-refractivity contribution >= 4 is 28.9 Å². The molecule has 1 fully saturated rings. The molecule has 2 aliphatic heterocycles. The van der Waals surface area contributed by atoms with Crippen molar-refractivity contribution in [2.75, 3.05) is 40.0 Å². The van der Waals surface area contributed by atoms with E-state index in [0.717, 1.165) is 35.4 Å². The van der Waals surface area contributed by atoms with Crippen LogP contribution in [0.2, 0.25) is 0 Å². The SMILES string of the molecule is CCOCCn1c(C2=CN=CC=CN2CCC2(c3ccccc3)CCN(C(=O)c3cc(F)ccc3OC)C2)nc2ccccc21. The molecule has 232 valence electrons. The van der Waals surface area contributed by atoms with Crippen LogP contribution < -0.4 is 4.74 Å². The Labute approximate surface area is 263 Å². The smallest absolute Gasteiger partial charge is 0.257 e. The van der Waals surface area contributed by atoms with Crippen LogP contribution in [0.5, 0.6) is 5.75 Å². The molecule has 0 aliphatic carbocycles. The number of likely N-dealkylation sites (tertiary alicyclic amines) is 1. The number of carbonyl (C=O) groups is 1. The first-order chi connectivity index (χ1) is 22.0. The largest absolute Gasteiger partial charge is 0.496 e. The van der Waals surface area contributed by atoms with Crippen LogP contribution >= 0.6 is 0 Å². The molecule has 8 nitrogen and oxygen atoms in total. The van der Waals surface area contributed by atoms with Gasteiger partial charge in [-0.1, -0.05) is 42.5 Å². The first-order valence-electron chi connectivity index (χ1n) is 15.4. The summed E-state index contributed by atoms with van der Waals surface area (Å²) in [6.45, 7) is 5.62. The van der Waals surface area contributed by atoms with Gasteiger partial charge in [-0.25, -0.2) is 9.37 Å². The fraction of sp³-hybridized carbons (Fsp3) is 0.306. The molecular weight excluding hydrogens is 569 g/mol. The van der Waals surface area contributed by atoms with E-state index in [-0.39, 0.29) is 16.9 Å². The zero-order valence-electron chi connectivity index (χ0n) is 25.7. The highest BCUT2D eigenvalue weighted by Gasteiger charge is 2.42. The average Bonchev–Trinajstić information content (AvgIpc) is 3.59. The van der Waals surface area contributed by atoms with E-state index in [4.69, 9.17) is 14.5 Å². The van der Waals surface area contributed by atoms with Gasteiger partial charge in [0.1, 0.15) is 17.3 Å². The molecule has 1 unspecified atom stereocenters. The molecule has 0 spiro atoms. The summed E-state index contributed by atoms with van der Waals surface area (Å²) in [7, 11) is 1.50. The molecule has 4 aromatic rings. The molecule has 3 heterocycles. The maximum absolute atomic E-state index is 14.2. The number of methoxy groups -OCH3 is 1. The van der Waals surface area contributed by atoms with E-state index in [1.54, 1.807) is 6.21 Å². The lowest BCUT2D eigenvalue weighted by molar-refractivity contribution is 0.0778. The number of nitrogens with zero attached hydrogens (tertiary/aromatic N) is 5. The van der Waals surface area contributed by atoms with Crippen molar-refractivity contribution in [3.63, 3.8) is 0 Å². The Morgan fingerprint density at radius 1 is 1.04 bits per heavy atom. The maximum atomic E-state index is 14.2. The van der Waals surface area contributed by atoms with E-state index in [0.29, 0.717) is 45.1 Å². The van der Waals surface area contributed by atoms with Crippen molar-refractivity contribution in [2.45, 2.75) is 31.7 Å². The molecule has 45 heavy (non-hydrogen) atoms. The van der Waals surface area contributed by atoms with Gasteiger partial charge in [-0.3, -0.25) is 9.79 Å². The molecule has 1 atom stereocenters. The lowest BCUT2D eigenvalue weighted by Crippen LogP contribution is -2.37. The third-order valence-corrected chi connectivity index (χ3v) is 8.74. The van der Waals surface area contributed by atoms with Crippen molar-refractivity contribution < 1.29 is 18.7 Å². The fourth-order valence-electron chi connectivity index (χ4n) is 6.41. The van der Waals surface area contributed by atoms with Crippen LogP contribution in [0, 0.1) is 5.82 Å². The van der Waals surface area contributed by atoms with Gasteiger partial charge in [0, 0.05) is 50.6 Å². The van der Waals surface area contributed by atoms with E-state index in [2.05, 4.69) is 32.7 Å². The van der Waals surface area contributed by atoms with Crippen LogP contribution in [0.3, 0.4) is 0 Å². The predicted molar refractivity (Wildman–Crippen MR) is 175 cm³/mol. The molecule has 0 bridgehead atoms. The number of halogens is 1. The van der Waals surface area contributed by atoms with Crippen LogP contribution in [-0.4, -0.2) is 71.4 Å². The molecule has 6 rings (SSSR count). The molecule has 3 aromatic carbocycles. The Kier molecular flexibility index (Phi) is 9.07. The average molecular weight is 608 g/mol. The van der Waals surface area contributed by atoms with E-state index in [1.807, 2.05) is 66.7 Å². The summed E-state index contributed by atoms with van der Waals surface area (Å²) in [5.41, 5.74) is 3.97. The van der Waals surface area contributed by atoms with Gasteiger partial charge in [0.2, 0.25) is 0 Å². The summed E-state index contributed by atoms with van der Waals surface area (Å²) in [6.07, 6.45) is 9.17.